The summed E-state index contributed by atoms with van der Waals surface area (Å²) in [4.78, 5) is 17.2. The van der Waals surface area contributed by atoms with Crippen LogP contribution in [-0.4, -0.2) is 56.4 Å². The number of nitrogens with zero attached hydrogens (tertiary/aromatic N) is 1. The van der Waals surface area contributed by atoms with Crippen molar-refractivity contribution in [1.29, 1.82) is 0 Å². The van der Waals surface area contributed by atoms with Gasteiger partial charge in [0.05, 0.1) is 6.61 Å². The molecule has 0 aromatic carbocycles. The topological polar surface area (TPSA) is 128 Å². The molecule has 4 atom stereocenters. The minimum Gasteiger partial charge on any atom is -0.394 e. The first-order chi connectivity index (χ1) is 8.11. The second-order valence-corrected chi connectivity index (χ2v) is 3.69. The Balaban J connectivity index is 2.07. The number of hydrogen-bond donors (Lipinski definition) is 5. The van der Waals surface area contributed by atoms with Crippen LogP contribution in [0.25, 0.3) is 0 Å². The van der Waals surface area contributed by atoms with E-state index in [1.165, 1.54) is 12.3 Å². The molecule has 1 aromatic heterocycles. The normalized spacial score (nSPS) is 32.6. The van der Waals surface area contributed by atoms with Gasteiger partial charge in [-0.05, 0) is 0 Å². The molecule has 5 N–H and O–H groups in total. The maximum atomic E-state index is 11.0. The van der Waals surface area contributed by atoms with E-state index >= 15 is 0 Å². The fourth-order valence-corrected chi connectivity index (χ4v) is 1.60. The summed E-state index contributed by atoms with van der Waals surface area (Å²) in [5.74, 6) is 0.118. The van der Waals surface area contributed by atoms with Crippen molar-refractivity contribution < 1.29 is 20.1 Å². The third kappa shape index (κ3) is 2.44. The van der Waals surface area contributed by atoms with Crippen LogP contribution in [0.4, 0.5) is 5.95 Å². The molecule has 1 aromatic rings. The van der Waals surface area contributed by atoms with Gasteiger partial charge in [-0.25, -0.2) is 4.98 Å². The molecule has 0 saturated carbocycles. The Morgan fingerprint density at radius 1 is 1.47 bits per heavy atom. The van der Waals surface area contributed by atoms with Crippen molar-refractivity contribution in [3.63, 3.8) is 0 Å². The molecule has 8 nitrogen and oxygen atoms in total. The monoisotopic (exact) mass is 243 g/mol. The number of H-pyrrole nitrogens is 1. The molecular weight excluding hydrogens is 230 g/mol. The first-order valence-corrected chi connectivity index (χ1v) is 5.06. The number of aromatic amines is 1. The molecule has 0 aliphatic carbocycles. The standard InChI is InChI=1S/C9H13N3O5/c13-3-4-6(15)7(16)8(17-4)12-9-10-2-1-5(14)11-9/h1-2,4,6-8,13,15-16H,3H2,(H2,10,11,12,14)/t4-,6-,7+,8-/m1/s1. The van der Waals surface area contributed by atoms with Gasteiger partial charge >= 0.3 is 0 Å². The maximum Gasteiger partial charge on any atom is 0.252 e. The van der Waals surface area contributed by atoms with Gasteiger partial charge in [-0.1, -0.05) is 0 Å². The molecule has 2 heterocycles. The summed E-state index contributed by atoms with van der Waals surface area (Å²) in [5, 5.41) is 30.6. The molecule has 8 heteroatoms. The minimum atomic E-state index is -1.21. The lowest BCUT2D eigenvalue weighted by molar-refractivity contribution is -0.0154. The van der Waals surface area contributed by atoms with E-state index in [-0.39, 0.29) is 11.5 Å². The molecule has 1 aliphatic rings. The third-order valence-electron chi connectivity index (χ3n) is 2.49. The number of anilines is 1. The number of aromatic nitrogens is 2. The molecule has 0 radical (unpaired) electrons. The van der Waals surface area contributed by atoms with Crippen LogP contribution in [0.1, 0.15) is 0 Å². The molecule has 1 saturated heterocycles. The number of aliphatic hydroxyl groups is 3. The van der Waals surface area contributed by atoms with Gasteiger partial charge in [0.1, 0.15) is 18.3 Å². The highest BCUT2D eigenvalue weighted by Crippen LogP contribution is 2.21. The zero-order chi connectivity index (χ0) is 12.4. The summed E-state index contributed by atoms with van der Waals surface area (Å²) in [6, 6.07) is 1.24. The highest BCUT2D eigenvalue weighted by molar-refractivity contribution is 5.24. The summed E-state index contributed by atoms with van der Waals surface area (Å²) in [7, 11) is 0. The zero-order valence-corrected chi connectivity index (χ0v) is 8.78. The Morgan fingerprint density at radius 2 is 2.24 bits per heavy atom. The van der Waals surface area contributed by atoms with E-state index in [0.717, 1.165) is 0 Å². The van der Waals surface area contributed by atoms with E-state index in [4.69, 9.17) is 9.84 Å². The van der Waals surface area contributed by atoms with E-state index in [1.807, 2.05) is 0 Å². The van der Waals surface area contributed by atoms with E-state index in [2.05, 4.69) is 15.3 Å². The molecule has 0 unspecified atom stereocenters. The Kier molecular flexibility index (Phi) is 3.38. The second-order valence-electron chi connectivity index (χ2n) is 3.69. The zero-order valence-electron chi connectivity index (χ0n) is 8.78. The van der Waals surface area contributed by atoms with Crippen molar-refractivity contribution in [3.05, 3.63) is 22.6 Å². The SMILES string of the molecule is O=c1ccnc(N[C@@H]2O[C@H](CO)[C@@H](O)[C@@H]2O)[nH]1. The van der Waals surface area contributed by atoms with Crippen LogP contribution in [0.2, 0.25) is 0 Å². The Bertz CT molecular complexity index is 437. The molecule has 0 bridgehead atoms. The highest BCUT2D eigenvalue weighted by Gasteiger charge is 2.42. The Hall–Kier alpha value is -1.48. The summed E-state index contributed by atoms with van der Waals surface area (Å²) in [6.45, 7) is -0.408. The fraction of sp³-hybridized carbons (Fsp3) is 0.556. The first kappa shape index (κ1) is 12.0. The quantitative estimate of drug-likeness (QED) is 0.401. The Morgan fingerprint density at radius 3 is 2.82 bits per heavy atom. The number of nitrogens with one attached hydrogen (secondary N) is 2. The molecule has 2 rings (SSSR count). The maximum absolute atomic E-state index is 11.0. The van der Waals surface area contributed by atoms with Crippen molar-refractivity contribution in [2.75, 3.05) is 11.9 Å². The van der Waals surface area contributed by atoms with Gasteiger partial charge in [0.2, 0.25) is 5.95 Å². The lowest BCUT2D eigenvalue weighted by atomic mass is 10.1. The van der Waals surface area contributed by atoms with Crippen LogP contribution in [0.15, 0.2) is 17.1 Å². The van der Waals surface area contributed by atoms with Gasteiger partial charge in [-0.15, -0.1) is 0 Å². The fourth-order valence-electron chi connectivity index (χ4n) is 1.60. The van der Waals surface area contributed by atoms with E-state index in [1.54, 1.807) is 0 Å². The number of rotatable bonds is 3. The average Bonchev–Trinajstić information content (AvgIpc) is 2.57. The van der Waals surface area contributed by atoms with Crippen LogP contribution >= 0.6 is 0 Å². The number of hydrogen-bond acceptors (Lipinski definition) is 7. The number of aliphatic hydroxyl groups excluding tert-OH is 3. The van der Waals surface area contributed by atoms with Crippen molar-refractivity contribution in [2.24, 2.45) is 0 Å². The number of ether oxygens (including phenoxy) is 1. The van der Waals surface area contributed by atoms with Crippen LogP contribution in [0, 0.1) is 0 Å². The van der Waals surface area contributed by atoms with E-state index in [0.29, 0.717) is 0 Å². The third-order valence-corrected chi connectivity index (χ3v) is 2.49. The van der Waals surface area contributed by atoms with Crippen molar-refractivity contribution in [3.8, 4) is 0 Å². The molecule has 1 aliphatic heterocycles. The predicted octanol–water partition coefficient (Wildman–Crippen LogP) is -2.38. The molecular formula is C9H13N3O5. The molecule has 17 heavy (non-hydrogen) atoms. The van der Waals surface area contributed by atoms with Crippen LogP contribution in [0.3, 0.4) is 0 Å². The van der Waals surface area contributed by atoms with Gasteiger partial charge in [-0.3, -0.25) is 9.78 Å². The minimum absolute atomic E-state index is 0.118. The van der Waals surface area contributed by atoms with Gasteiger partial charge in [0.15, 0.2) is 6.23 Å². The predicted molar refractivity (Wildman–Crippen MR) is 56.2 cm³/mol. The molecule has 0 amide bonds. The lowest BCUT2D eigenvalue weighted by Crippen LogP contribution is -2.37. The van der Waals surface area contributed by atoms with Crippen LogP contribution in [0.5, 0.6) is 0 Å². The summed E-state index contributed by atoms with van der Waals surface area (Å²) >= 11 is 0. The van der Waals surface area contributed by atoms with Crippen molar-refractivity contribution >= 4 is 5.95 Å². The van der Waals surface area contributed by atoms with Gasteiger partial charge in [0, 0.05) is 12.3 Å². The summed E-state index contributed by atoms with van der Waals surface area (Å²) in [5.41, 5.74) is -0.353. The largest absolute Gasteiger partial charge is 0.394 e. The van der Waals surface area contributed by atoms with E-state index in [9.17, 15) is 15.0 Å². The van der Waals surface area contributed by atoms with Gasteiger partial charge < -0.3 is 25.4 Å². The van der Waals surface area contributed by atoms with Crippen molar-refractivity contribution in [2.45, 2.75) is 24.5 Å². The molecule has 0 spiro atoms. The first-order valence-electron chi connectivity index (χ1n) is 5.06. The molecule has 94 valence electrons. The average molecular weight is 243 g/mol. The van der Waals surface area contributed by atoms with Gasteiger partial charge in [-0.2, -0.15) is 0 Å². The summed E-state index contributed by atoms with van der Waals surface area (Å²) < 4.78 is 5.16. The highest BCUT2D eigenvalue weighted by atomic mass is 16.6. The molecule has 1 fully saturated rings. The Labute approximate surface area is 95.9 Å². The smallest absolute Gasteiger partial charge is 0.252 e. The second kappa shape index (κ2) is 4.80. The van der Waals surface area contributed by atoms with Crippen molar-refractivity contribution in [1.82, 2.24) is 9.97 Å². The van der Waals surface area contributed by atoms with Gasteiger partial charge in [0.25, 0.3) is 5.56 Å². The van der Waals surface area contributed by atoms with E-state index < -0.39 is 31.1 Å². The van der Waals surface area contributed by atoms with Crippen LogP contribution in [-0.2, 0) is 4.74 Å². The van der Waals surface area contributed by atoms with Crippen LogP contribution < -0.4 is 10.9 Å². The lowest BCUT2D eigenvalue weighted by Gasteiger charge is -2.16. The summed E-state index contributed by atoms with van der Waals surface area (Å²) in [6.07, 6.45) is -2.90.